The lowest BCUT2D eigenvalue weighted by atomic mass is 10.0. The minimum absolute atomic E-state index is 0.0823. The van der Waals surface area contributed by atoms with Gasteiger partial charge in [-0.25, -0.2) is 8.78 Å². The lowest BCUT2D eigenvalue weighted by Gasteiger charge is -2.12. The third-order valence-electron chi connectivity index (χ3n) is 3.82. The number of aryl methyl sites for hydroxylation is 1. The van der Waals surface area contributed by atoms with E-state index in [4.69, 9.17) is 4.74 Å². The molecule has 0 heterocycles. The third kappa shape index (κ3) is 2.63. The molecule has 0 radical (unpaired) electrons. The molecule has 2 aromatic carbocycles. The van der Waals surface area contributed by atoms with Crippen LogP contribution in [0.1, 0.15) is 18.4 Å². The summed E-state index contributed by atoms with van der Waals surface area (Å²) in [6.07, 6.45) is 2.11. The van der Waals surface area contributed by atoms with Gasteiger partial charge in [0.2, 0.25) is 5.82 Å². The summed E-state index contributed by atoms with van der Waals surface area (Å²) in [6.45, 7) is 1.82. The number of benzene rings is 2. The largest absolute Gasteiger partial charge is 0.504 e. The number of phenolic OH excluding ortho intramolecular Hbond substituents is 1. The van der Waals surface area contributed by atoms with Gasteiger partial charge in [-0.1, -0.05) is 12.1 Å². The van der Waals surface area contributed by atoms with Crippen molar-refractivity contribution in [1.29, 1.82) is 0 Å². The standard InChI is InChI=1S/C17H15F3O2/c1-9-2-5-11(15(19)14(9)18)12-6-7-13(16(20)17(12)21)22-8-10-3-4-10/h2,5-7,10,21H,3-4,8H2,1H3. The first-order valence-corrected chi connectivity index (χ1v) is 7.08. The SMILES string of the molecule is Cc1ccc(-c2ccc(OCC3CC3)c(F)c2O)c(F)c1F. The maximum atomic E-state index is 14.1. The Balaban J connectivity index is 1.97. The van der Waals surface area contributed by atoms with Gasteiger partial charge in [0.15, 0.2) is 23.1 Å². The van der Waals surface area contributed by atoms with E-state index < -0.39 is 23.2 Å². The van der Waals surface area contributed by atoms with Crippen molar-refractivity contribution >= 4 is 0 Å². The highest BCUT2D eigenvalue weighted by Crippen LogP contribution is 2.39. The van der Waals surface area contributed by atoms with E-state index in [9.17, 15) is 18.3 Å². The Morgan fingerprint density at radius 1 is 1.00 bits per heavy atom. The molecule has 0 aliphatic heterocycles. The summed E-state index contributed by atoms with van der Waals surface area (Å²) >= 11 is 0. The van der Waals surface area contributed by atoms with Crippen LogP contribution in [0.25, 0.3) is 11.1 Å². The maximum absolute atomic E-state index is 14.1. The number of rotatable bonds is 4. The van der Waals surface area contributed by atoms with Crippen molar-refractivity contribution in [3.05, 3.63) is 47.3 Å². The first-order valence-electron chi connectivity index (χ1n) is 7.08. The van der Waals surface area contributed by atoms with Crippen LogP contribution < -0.4 is 4.74 Å². The van der Waals surface area contributed by atoms with Crippen LogP contribution in [0.5, 0.6) is 11.5 Å². The van der Waals surface area contributed by atoms with Gasteiger partial charge in [-0.15, -0.1) is 0 Å². The van der Waals surface area contributed by atoms with Gasteiger partial charge in [-0.2, -0.15) is 4.39 Å². The second-order valence-corrected chi connectivity index (χ2v) is 5.59. The second kappa shape index (κ2) is 5.55. The number of halogens is 3. The zero-order chi connectivity index (χ0) is 15.9. The van der Waals surface area contributed by atoms with E-state index in [1.54, 1.807) is 0 Å². The van der Waals surface area contributed by atoms with Crippen LogP contribution in [0.2, 0.25) is 0 Å². The van der Waals surface area contributed by atoms with Gasteiger partial charge in [0.25, 0.3) is 0 Å². The Bertz CT molecular complexity index is 724. The van der Waals surface area contributed by atoms with Crippen LogP contribution in [0.15, 0.2) is 24.3 Å². The quantitative estimate of drug-likeness (QED) is 0.896. The maximum Gasteiger partial charge on any atom is 0.207 e. The first-order chi connectivity index (χ1) is 10.5. The predicted octanol–water partition coefficient (Wildman–Crippen LogP) is 4.57. The van der Waals surface area contributed by atoms with Crippen molar-refractivity contribution in [2.24, 2.45) is 5.92 Å². The van der Waals surface area contributed by atoms with Crippen molar-refractivity contribution in [3.63, 3.8) is 0 Å². The van der Waals surface area contributed by atoms with E-state index in [1.807, 2.05) is 0 Å². The van der Waals surface area contributed by atoms with Crippen molar-refractivity contribution in [1.82, 2.24) is 0 Å². The molecule has 1 fully saturated rings. The monoisotopic (exact) mass is 308 g/mol. The number of hydrogen-bond acceptors (Lipinski definition) is 2. The molecule has 0 bridgehead atoms. The summed E-state index contributed by atoms with van der Waals surface area (Å²) < 4.78 is 47.1. The molecule has 5 heteroatoms. The predicted molar refractivity (Wildman–Crippen MR) is 76.4 cm³/mol. The molecule has 0 atom stereocenters. The molecule has 3 rings (SSSR count). The van der Waals surface area contributed by atoms with Crippen molar-refractivity contribution < 1.29 is 23.0 Å². The molecule has 0 amide bonds. The minimum atomic E-state index is -1.11. The van der Waals surface area contributed by atoms with E-state index in [0.717, 1.165) is 12.8 Å². The van der Waals surface area contributed by atoms with E-state index in [-0.39, 0.29) is 22.4 Å². The molecule has 1 aliphatic rings. The lowest BCUT2D eigenvalue weighted by molar-refractivity contribution is 0.280. The fraction of sp³-hybridized carbons (Fsp3) is 0.294. The van der Waals surface area contributed by atoms with Crippen molar-refractivity contribution in [3.8, 4) is 22.6 Å². The van der Waals surface area contributed by atoms with Gasteiger partial charge < -0.3 is 9.84 Å². The molecule has 0 aromatic heterocycles. The molecule has 2 nitrogen and oxygen atoms in total. The third-order valence-corrected chi connectivity index (χ3v) is 3.82. The summed E-state index contributed by atoms with van der Waals surface area (Å²) in [5, 5.41) is 9.95. The van der Waals surface area contributed by atoms with E-state index >= 15 is 0 Å². The molecule has 22 heavy (non-hydrogen) atoms. The Morgan fingerprint density at radius 2 is 1.68 bits per heavy atom. The molecule has 1 saturated carbocycles. The van der Waals surface area contributed by atoms with Gasteiger partial charge in [-0.3, -0.25) is 0 Å². The number of aromatic hydroxyl groups is 1. The molecule has 0 saturated heterocycles. The Hall–Kier alpha value is -2.17. The molecular formula is C17H15F3O2. The van der Waals surface area contributed by atoms with Crippen LogP contribution in [0.3, 0.4) is 0 Å². The second-order valence-electron chi connectivity index (χ2n) is 5.59. The number of phenols is 1. The van der Waals surface area contributed by atoms with Crippen LogP contribution in [-0.4, -0.2) is 11.7 Å². The Labute approximate surface area is 126 Å². The van der Waals surface area contributed by atoms with E-state index in [0.29, 0.717) is 12.5 Å². The molecule has 2 aromatic rings. The van der Waals surface area contributed by atoms with Gasteiger partial charge >= 0.3 is 0 Å². The fourth-order valence-corrected chi connectivity index (χ4v) is 2.22. The van der Waals surface area contributed by atoms with Crippen molar-refractivity contribution in [2.75, 3.05) is 6.61 Å². The van der Waals surface area contributed by atoms with Crippen LogP contribution >= 0.6 is 0 Å². The topological polar surface area (TPSA) is 29.5 Å². The molecule has 1 aliphatic carbocycles. The number of hydrogen-bond donors (Lipinski definition) is 1. The summed E-state index contributed by atoms with van der Waals surface area (Å²) in [4.78, 5) is 0. The summed E-state index contributed by atoms with van der Waals surface area (Å²) in [7, 11) is 0. The van der Waals surface area contributed by atoms with Crippen LogP contribution in [0.4, 0.5) is 13.2 Å². The molecular weight excluding hydrogens is 293 g/mol. The molecule has 0 spiro atoms. The lowest BCUT2D eigenvalue weighted by Crippen LogP contribution is -2.01. The normalized spacial score (nSPS) is 14.2. The first kappa shape index (κ1) is 14.8. The number of ether oxygens (including phenoxy) is 1. The van der Waals surface area contributed by atoms with E-state index in [1.165, 1.54) is 31.2 Å². The Morgan fingerprint density at radius 3 is 2.36 bits per heavy atom. The van der Waals surface area contributed by atoms with Gasteiger partial charge in [0, 0.05) is 11.1 Å². The molecule has 1 N–H and O–H groups in total. The highest BCUT2D eigenvalue weighted by molar-refractivity contribution is 5.72. The zero-order valence-electron chi connectivity index (χ0n) is 12.0. The highest BCUT2D eigenvalue weighted by atomic mass is 19.2. The average Bonchev–Trinajstić information content (AvgIpc) is 3.32. The van der Waals surface area contributed by atoms with Crippen LogP contribution in [-0.2, 0) is 0 Å². The van der Waals surface area contributed by atoms with Crippen molar-refractivity contribution in [2.45, 2.75) is 19.8 Å². The van der Waals surface area contributed by atoms with Gasteiger partial charge in [0.1, 0.15) is 0 Å². The van der Waals surface area contributed by atoms with Gasteiger partial charge in [-0.05, 0) is 43.4 Å². The smallest absolute Gasteiger partial charge is 0.207 e. The molecule has 0 unspecified atom stereocenters. The fourth-order valence-electron chi connectivity index (χ4n) is 2.22. The molecule has 116 valence electrons. The minimum Gasteiger partial charge on any atom is -0.504 e. The van der Waals surface area contributed by atoms with Crippen LogP contribution in [0, 0.1) is 30.3 Å². The average molecular weight is 308 g/mol. The van der Waals surface area contributed by atoms with E-state index in [2.05, 4.69) is 0 Å². The Kier molecular flexibility index (Phi) is 3.72. The summed E-state index contributed by atoms with van der Waals surface area (Å²) in [5.74, 6) is -3.47. The zero-order valence-corrected chi connectivity index (χ0v) is 12.0. The summed E-state index contributed by atoms with van der Waals surface area (Å²) in [6, 6.07) is 5.34. The van der Waals surface area contributed by atoms with Gasteiger partial charge in [0.05, 0.1) is 6.61 Å². The highest BCUT2D eigenvalue weighted by Gasteiger charge is 2.24. The summed E-state index contributed by atoms with van der Waals surface area (Å²) in [5.41, 5.74) is -0.147.